The Balaban J connectivity index is 2.57. The topological polar surface area (TPSA) is 83.1 Å². The van der Waals surface area contributed by atoms with Gasteiger partial charge in [0.1, 0.15) is 6.73 Å². The molecule has 0 radical (unpaired) electrons. The third-order valence-corrected chi connectivity index (χ3v) is 4.74. The molecule has 0 aliphatic heterocycles. The Hall–Kier alpha value is -0.330. The number of alkyl carbamates (subject to hydrolysis) is 1. The van der Waals surface area contributed by atoms with Gasteiger partial charge in [0.2, 0.25) is 0 Å². The van der Waals surface area contributed by atoms with E-state index in [0.717, 1.165) is 0 Å². The number of phosphoric acid groups is 1. The van der Waals surface area contributed by atoms with Gasteiger partial charge in [-0.1, -0.05) is 0 Å². The number of nitrogens with one attached hydrogen (secondary N) is 1. The first kappa shape index (κ1) is 21.7. The second kappa shape index (κ2) is 7.92. The Kier molecular flexibility index (Phi) is 7.16. The van der Waals surface area contributed by atoms with E-state index in [1.165, 1.54) is 0 Å². The molecule has 0 aromatic rings. The highest BCUT2D eigenvalue weighted by atomic mass is 127. The molecule has 0 heterocycles. The van der Waals surface area contributed by atoms with Gasteiger partial charge in [-0.25, -0.2) is 9.36 Å². The Labute approximate surface area is 157 Å². The van der Waals surface area contributed by atoms with E-state index in [2.05, 4.69) is 15.2 Å². The maximum Gasteiger partial charge on any atom is 0.477 e. The van der Waals surface area contributed by atoms with Crippen LogP contribution in [0.5, 0.6) is 0 Å². The van der Waals surface area contributed by atoms with Gasteiger partial charge in [0.05, 0.1) is 11.2 Å². The molecular formula is C15H25INO6P. The molecule has 0 spiro atoms. The minimum atomic E-state index is -3.87. The van der Waals surface area contributed by atoms with Crippen molar-refractivity contribution in [1.29, 1.82) is 0 Å². The fourth-order valence-corrected chi connectivity index (χ4v) is 3.78. The van der Waals surface area contributed by atoms with E-state index >= 15 is 0 Å². The summed E-state index contributed by atoms with van der Waals surface area (Å²) in [6.07, 6.45) is 0.719. The van der Waals surface area contributed by atoms with Crippen LogP contribution >= 0.6 is 30.4 Å². The molecule has 1 aliphatic rings. The fourth-order valence-electron chi connectivity index (χ4n) is 1.58. The molecule has 9 heteroatoms. The number of phosphoric ester groups is 1. The van der Waals surface area contributed by atoms with Crippen molar-refractivity contribution in [2.24, 2.45) is 0 Å². The zero-order valence-corrected chi connectivity index (χ0v) is 17.9. The average molecular weight is 473 g/mol. The van der Waals surface area contributed by atoms with Crippen molar-refractivity contribution in [3.63, 3.8) is 0 Å². The molecule has 1 amide bonds. The zero-order chi connectivity index (χ0) is 18.6. The maximum atomic E-state index is 12.7. The smallest absolute Gasteiger partial charge is 0.430 e. The standard InChI is InChI=1S/C15H25INO6P/c1-13(2,3)22-24(19,23-14(4,5)6)20-11-17-12(18)21-15(7-8-15)9-10-16/h7-8,11H2,1-6H3,(H,17,18). The minimum Gasteiger partial charge on any atom is -0.430 e. The quantitative estimate of drug-likeness (QED) is 0.267. The summed E-state index contributed by atoms with van der Waals surface area (Å²) in [7, 11) is -3.87. The minimum absolute atomic E-state index is 0.365. The second-order valence-electron chi connectivity index (χ2n) is 7.41. The third kappa shape index (κ3) is 8.67. The van der Waals surface area contributed by atoms with Crippen LogP contribution in [0.1, 0.15) is 54.4 Å². The van der Waals surface area contributed by atoms with E-state index in [0.29, 0.717) is 12.8 Å². The van der Waals surface area contributed by atoms with Crippen molar-refractivity contribution >= 4 is 36.5 Å². The molecule has 0 saturated heterocycles. The number of carbonyl (C=O) groups excluding carboxylic acids is 1. The van der Waals surface area contributed by atoms with Crippen LogP contribution in [-0.2, 0) is 22.9 Å². The van der Waals surface area contributed by atoms with E-state index in [-0.39, 0.29) is 6.73 Å². The molecule has 0 aromatic carbocycles. The molecule has 0 atom stereocenters. The lowest BCUT2D eigenvalue weighted by Crippen LogP contribution is -2.32. The average Bonchev–Trinajstić information content (AvgIpc) is 3.03. The van der Waals surface area contributed by atoms with Gasteiger partial charge in [0, 0.05) is 35.4 Å². The predicted octanol–water partition coefficient (Wildman–Crippen LogP) is 4.35. The normalized spacial score (nSPS) is 16.8. The molecule has 0 aromatic heterocycles. The molecule has 7 nitrogen and oxygen atoms in total. The van der Waals surface area contributed by atoms with Gasteiger partial charge < -0.3 is 4.74 Å². The summed E-state index contributed by atoms with van der Waals surface area (Å²) in [5.41, 5.74) is -2.18. The highest BCUT2D eigenvalue weighted by Gasteiger charge is 2.46. The Morgan fingerprint density at radius 3 is 2.04 bits per heavy atom. The first-order valence-electron chi connectivity index (χ1n) is 7.54. The number of hydrogen-bond acceptors (Lipinski definition) is 6. The molecule has 0 unspecified atom stereocenters. The molecule has 1 saturated carbocycles. The Morgan fingerprint density at radius 2 is 1.67 bits per heavy atom. The van der Waals surface area contributed by atoms with Crippen LogP contribution in [0.25, 0.3) is 0 Å². The van der Waals surface area contributed by atoms with Crippen LogP contribution in [-0.4, -0.2) is 29.6 Å². The summed E-state index contributed by atoms with van der Waals surface area (Å²) in [6, 6.07) is 0. The predicted molar refractivity (Wildman–Crippen MR) is 98.6 cm³/mol. The van der Waals surface area contributed by atoms with Crippen molar-refractivity contribution in [3.8, 4) is 9.85 Å². The van der Waals surface area contributed by atoms with E-state index in [1.807, 2.05) is 22.6 Å². The summed E-state index contributed by atoms with van der Waals surface area (Å²) in [5.74, 6) is 2.84. The fraction of sp³-hybridized carbons (Fsp3) is 0.800. The SMILES string of the molecule is CC(C)(C)OP(=O)(OCNC(=O)OC1(C#CI)CC1)OC(C)(C)C. The molecule has 138 valence electrons. The van der Waals surface area contributed by atoms with Gasteiger partial charge in [-0.3, -0.25) is 18.9 Å². The first-order chi connectivity index (χ1) is 10.8. The summed E-state index contributed by atoms with van der Waals surface area (Å²) in [5, 5.41) is 2.38. The van der Waals surface area contributed by atoms with Crippen molar-refractivity contribution in [3.05, 3.63) is 0 Å². The van der Waals surface area contributed by atoms with Crippen LogP contribution in [0, 0.1) is 9.85 Å². The zero-order valence-electron chi connectivity index (χ0n) is 14.9. The first-order valence-corrected chi connectivity index (χ1v) is 10.1. The number of halogens is 1. The molecule has 0 bridgehead atoms. The molecule has 24 heavy (non-hydrogen) atoms. The highest BCUT2D eigenvalue weighted by Crippen LogP contribution is 2.55. The number of carbonyl (C=O) groups is 1. The van der Waals surface area contributed by atoms with Crippen molar-refractivity contribution in [2.75, 3.05) is 6.73 Å². The molecular weight excluding hydrogens is 448 g/mol. The van der Waals surface area contributed by atoms with Gasteiger partial charge in [-0.05, 0) is 51.4 Å². The van der Waals surface area contributed by atoms with Crippen LogP contribution in [0.15, 0.2) is 0 Å². The molecule has 1 N–H and O–H groups in total. The lowest BCUT2D eigenvalue weighted by Gasteiger charge is -2.30. The van der Waals surface area contributed by atoms with Gasteiger partial charge in [0.25, 0.3) is 0 Å². The van der Waals surface area contributed by atoms with Crippen molar-refractivity contribution in [2.45, 2.75) is 71.2 Å². The van der Waals surface area contributed by atoms with Crippen LogP contribution in [0.3, 0.4) is 0 Å². The molecule has 1 aliphatic carbocycles. The number of hydrogen-bond donors (Lipinski definition) is 1. The Morgan fingerprint density at radius 1 is 1.17 bits per heavy atom. The van der Waals surface area contributed by atoms with Crippen LogP contribution < -0.4 is 5.32 Å². The maximum absolute atomic E-state index is 12.7. The summed E-state index contributed by atoms with van der Waals surface area (Å²) < 4.78 is 36.7. The highest BCUT2D eigenvalue weighted by molar-refractivity contribution is 14.1. The van der Waals surface area contributed by atoms with Gasteiger partial charge in [0.15, 0.2) is 5.60 Å². The van der Waals surface area contributed by atoms with E-state index in [4.69, 9.17) is 18.3 Å². The van der Waals surface area contributed by atoms with Crippen molar-refractivity contribution < 1.29 is 27.7 Å². The lowest BCUT2D eigenvalue weighted by molar-refractivity contribution is 0.000979. The monoisotopic (exact) mass is 473 g/mol. The van der Waals surface area contributed by atoms with Gasteiger partial charge >= 0.3 is 13.9 Å². The molecule has 1 rings (SSSR count). The number of amides is 1. The van der Waals surface area contributed by atoms with E-state index in [9.17, 15) is 9.36 Å². The summed E-state index contributed by atoms with van der Waals surface area (Å²) in [6.45, 7) is 10.0. The second-order valence-corrected chi connectivity index (χ2v) is 9.47. The molecule has 1 fully saturated rings. The summed E-state index contributed by atoms with van der Waals surface area (Å²) >= 11 is 1.90. The lowest BCUT2D eigenvalue weighted by atomic mass is 10.2. The largest absolute Gasteiger partial charge is 0.477 e. The summed E-state index contributed by atoms with van der Waals surface area (Å²) in [4.78, 5) is 11.8. The number of ether oxygens (including phenoxy) is 1. The number of rotatable bonds is 6. The third-order valence-electron chi connectivity index (χ3n) is 2.48. The Bertz CT molecular complexity index is 545. The van der Waals surface area contributed by atoms with Crippen LogP contribution in [0.4, 0.5) is 4.79 Å². The van der Waals surface area contributed by atoms with Crippen LogP contribution in [0.2, 0.25) is 0 Å². The van der Waals surface area contributed by atoms with E-state index < -0.39 is 30.7 Å². The van der Waals surface area contributed by atoms with Crippen molar-refractivity contribution in [1.82, 2.24) is 5.32 Å². The van der Waals surface area contributed by atoms with Gasteiger partial charge in [-0.2, -0.15) is 0 Å². The van der Waals surface area contributed by atoms with E-state index in [1.54, 1.807) is 41.5 Å². The van der Waals surface area contributed by atoms with Gasteiger partial charge in [-0.15, -0.1) is 0 Å².